The van der Waals surface area contributed by atoms with E-state index in [0.29, 0.717) is 0 Å². The molecule has 1 aromatic heterocycles. The molecule has 2 nitrogen and oxygen atoms in total. The molecular formula is C10H10BrNO. The molecule has 0 radical (unpaired) electrons. The lowest BCUT2D eigenvalue weighted by atomic mass is 10.2. The zero-order valence-corrected chi connectivity index (χ0v) is 8.90. The quantitative estimate of drug-likeness (QED) is 0.768. The lowest BCUT2D eigenvalue weighted by molar-refractivity contribution is 0.476. The highest BCUT2D eigenvalue weighted by atomic mass is 79.9. The van der Waals surface area contributed by atoms with E-state index >= 15 is 0 Å². The Labute approximate surface area is 87.0 Å². The maximum atomic E-state index is 9.19. The fraction of sp³-hybridized carbons (Fsp3) is 0.100. The van der Waals surface area contributed by atoms with Gasteiger partial charge in [0.25, 0.3) is 0 Å². The lowest BCUT2D eigenvalue weighted by Crippen LogP contribution is -1.79. The van der Waals surface area contributed by atoms with Crippen LogP contribution in [0.15, 0.2) is 30.5 Å². The van der Waals surface area contributed by atoms with Gasteiger partial charge in [-0.2, -0.15) is 0 Å². The molecule has 0 aliphatic heterocycles. The van der Waals surface area contributed by atoms with E-state index in [9.17, 15) is 5.11 Å². The molecule has 0 unspecified atom stereocenters. The number of phenolic OH excluding ortho intramolecular Hbond substituents is 1. The third kappa shape index (κ3) is 1.98. The van der Waals surface area contributed by atoms with Crippen LogP contribution in [0.4, 0.5) is 0 Å². The first-order valence-corrected chi connectivity index (χ1v) is 3.81. The van der Waals surface area contributed by atoms with E-state index in [1.807, 2.05) is 25.3 Å². The van der Waals surface area contributed by atoms with E-state index in [2.05, 4.69) is 4.98 Å². The third-order valence-corrected chi connectivity index (χ3v) is 1.80. The highest BCUT2D eigenvalue weighted by Crippen LogP contribution is 2.18. The number of pyridine rings is 1. The van der Waals surface area contributed by atoms with Gasteiger partial charge in [-0.3, -0.25) is 4.98 Å². The summed E-state index contributed by atoms with van der Waals surface area (Å²) in [5.41, 5.74) is 2.02. The number of rotatable bonds is 0. The minimum Gasteiger partial charge on any atom is -0.508 e. The van der Waals surface area contributed by atoms with Gasteiger partial charge in [-0.05, 0) is 36.8 Å². The summed E-state index contributed by atoms with van der Waals surface area (Å²) in [6.07, 6.45) is 1.82. The van der Waals surface area contributed by atoms with Gasteiger partial charge in [-0.1, -0.05) is 0 Å². The van der Waals surface area contributed by atoms with E-state index in [1.165, 1.54) is 0 Å². The second kappa shape index (κ2) is 3.75. The largest absolute Gasteiger partial charge is 0.508 e. The smallest absolute Gasteiger partial charge is 0.116 e. The molecule has 0 saturated carbocycles. The molecule has 3 heteroatoms. The molecule has 0 aliphatic carbocycles. The first kappa shape index (κ1) is 9.99. The van der Waals surface area contributed by atoms with Crippen LogP contribution in [-0.2, 0) is 0 Å². The molecule has 2 rings (SSSR count). The number of halogens is 1. The number of hydrogen-bond donors (Lipinski definition) is 1. The van der Waals surface area contributed by atoms with Crippen molar-refractivity contribution < 1.29 is 5.11 Å². The van der Waals surface area contributed by atoms with Crippen LogP contribution in [0.3, 0.4) is 0 Å². The predicted molar refractivity (Wildman–Crippen MR) is 58.5 cm³/mol. The second-order valence-electron chi connectivity index (χ2n) is 2.89. The van der Waals surface area contributed by atoms with Crippen LogP contribution in [0, 0.1) is 6.92 Å². The Balaban J connectivity index is 0.000000845. The second-order valence-corrected chi connectivity index (χ2v) is 2.89. The van der Waals surface area contributed by atoms with Crippen molar-refractivity contribution in [3.05, 3.63) is 36.0 Å². The van der Waals surface area contributed by atoms with Crippen LogP contribution >= 0.6 is 17.0 Å². The Morgan fingerprint density at radius 1 is 1.23 bits per heavy atom. The van der Waals surface area contributed by atoms with E-state index in [4.69, 9.17) is 0 Å². The third-order valence-electron chi connectivity index (χ3n) is 1.80. The molecule has 0 spiro atoms. The van der Waals surface area contributed by atoms with Crippen LogP contribution in [0.5, 0.6) is 5.75 Å². The average Bonchev–Trinajstić information content (AvgIpc) is 2.03. The topological polar surface area (TPSA) is 33.1 Å². The summed E-state index contributed by atoms with van der Waals surface area (Å²) in [7, 11) is 0. The van der Waals surface area contributed by atoms with Crippen molar-refractivity contribution in [3.63, 3.8) is 0 Å². The molecule has 2 aromatic rings. The van der Waals surface area contributed by atoms with Crippen LogP contribution in [0.2, 0.25) is 0 Å². The van der Waals surface area contributed by atoms with Crippen LogP contribution < -0.4 is 0 Å². The average molecular weight is 240 g/mol. The van der Waals surface area contributed by atoms with Gasteiger partial charge in [-0.25, -0.2) is 0 Å². The van der Waals surface area contributed by atoms with Gasteiger partial charge in [0.1, 0.15) is 5.75 Å². The van der Waals surface area contributed by atoms with Crippen molar-refractivity contribution in [2.75, 3.05) is 0 Å². The summed E-state index contributed by atoms with van der Waals surface area (Å²) in [6, 6.07) is 7.17. The van der Waals surface area contributed by atoms with E-state index in [-0.39, 0.29) is 22.7 Å². The zero-order chi connectivity index (χ0) is 8.55. The molecule has 13 heavy (non-hydrogen) atoms. The molecule has 0 atom stereocenters. The van der Waals surface area contributed by atoms with Gasteiger partial charge in [-0.15, -0.1) is 17.0 Å². The van der Waals surface area contributed by atoms with Crippen molar-refractivity contribution in [2.24, 2.45) is 0 Å². The summed E-state index contributed by atoms with van der Waals surface area (Å²) in [5.74, 6) is 0.287. The predicted octanol–water partition coefficient (Wildman–Crippen LogP) is 2.83. The Morgan fingerprint density at radius 3 is 2.77 bits per heavy atom. The number of phenols is 1. The monoisotopic (exact) mass is 239 g/mol. The van der Waals surface area contributed by atoms with Gasteiger partial charge >= 0.3 is 0 Å². The normalized spacial score (nSPS) is 9.62. The number of benzene rings is 1. The molecular weight excluding hydrogens is 230 g/mol. The molecule has 0 amide bonds. The Kier molecular flexibility index (Phi) is 2.88. The molecule has 1 aromatic carbocycles. The van der Waals surface area contributed by atoms with Crippen LogP contribution in [0.1, 0.15) is 5.56 Å². The minimum atomic E-state index is 0. The van der Waals surface area contributed by atoms with Crippen LogP contribution in [0.25, 0.3) is 10.9 Å². The summed E-state index contributed by atoms with van der Waals surface area (Å²) < 4.78 is 0. The maximum Gasteiger partial charge on any atom is 0.116 e. The van der Waals surface area contributed by atoms with Crippen molar-refractivity contribution in [1.29, 1.82) is 0 Å². The molecule has 1 N–H and O–H groups in total. The molecule has 1 heterocycles. The van der Waals surface area contributed by atoms with Gasteiger partial charge in [0.05, 0.1) is 5.52 Å². The fourth-order valence-corrected chi connectivity index (χ4v) is 1.23. The summed E-state index contributed by atoms with van der Waals surface area (Å²) in [4.78, 5) is 4.21. The van der Waals surface area contributed by atoms with Crippen LogP contribution in [-0.4, -0.2) is 10.1 Å². The van der Waals surface area contributed by atoms with Gasteiger partial charge in [0, 0.05) is 11.6 Å². The van der Waals surface area contributed by atoms with E-state index < -0.39 is 0 Å². The molecule has 0 aliphatic rings. The Morgan fingerprint density at radius 2 is 2.00 bits per heavy atom. The van der Waals surface area contributed by atoms with Gasteiger partial charge in [0.15, 0.2) is 0 Å². The number of aryl methyl sites for hydroxylation is 1. The lowest BCUT2D eigenvalue weighted by Gasteiger charge is -1.98. The van der Waals surface area contributed by atoms with Gasteiger partial charge in [0.2, 0.25) is 0 Å². The maximum absolute atomic E-state index is 9.19. The zero-order valence-electron chi connectivity index (χ0n) is 7.19. The van der Waals surface area contributed by atoms with E-state index in [1.54, 1.807) is 12.1 Å². The van der Waals surface area contributed by atoms with Crippen molar-refractivity contribution in [2.45, 2.75) is 6.92 Å². The number of hydrogen-bond acceptors (Lipinski definition) is 2. The van der Waals surface area contributed by atoms with Gasteiger partial charge < -0.3 is 5.11 Å². The number of fused-ring (bicyclic) bond motifs is 1. The molecule has 0 bridgehead atoms. The van der Waals surface area contributed by atoms with E-state index in [0.717, 1.165) is 16.5 Å². The van der Waals surface area contributed by atoms with Crippen molar-refractivity contribution >= 4 is 27.9 Å². The number of aromatic hydroxyl groups is 1. The first-order valence-electron chi connectivity index (χ1n) is 3.81. The molecule has 0 saturated heterocycles. The molecule has 0 fully saturated rings. The first-order chi connectivity index (χ1) is 5.75. The van der Waals surface area contributed by atoms with Crippen molar-refractivity contribution in [3.8, 4) is 5.75 Å². The number of nitrogens with zero attached hydrogens (tertiary/aromatic N) is 1. The molecule has 68 valence electrons. The summed E-state index contributed by atoms with van der Waals surface area (Å²) >= 11 is 0. The number of aromatic nitrogens is 1. The Bertz CT molecular complexity index is 391. The van der Waals surface area contributed by atoms with Crippen molar-refractivity contribution in [1.82, 2.24) is 4.98 Å². The Hall–Kier alpha value is -1.09. The highest BCUT2D eigenvalue weighted by Gasteiger charge is 1.95. The summed E-state index contributed by atoms with van der Waals surface area (Å²) in [5, 5.41) is 10.2. The SMILES string of the molecule is Br.Cc1cnc2ccc(O)cc2c1. The summed E-state index contributed by atoms with van der Waals surface area (Å²) in [6.45, 7) is 1.98. The standard InChI is InChI=1S/C10H9NO.BrH/c1-7-4-8-5-9(12)2-3-10(8)11-6-7;/h2-6,12H,1H3;1H. The minimum absolute atomic E-state index is 0. The highest BCUT2D eigenvalue weighted by molar-refractivity contribution is 8.93. The fourth-order valence-electron chi connectivity index (χ4n) is 1.23.